The van der Waals surface area contributed by atoms with E-state index in [1.54, 1.807) is 10.9 Å². The summed E-state index contributed by atoms with van der Waals surface area (Å²) in [5.41, 5.74) is 1.28. The van der Waals surface area contributed by atoms with Crippen LogP contribution < -0.4 is 5.32 Å². The molecule has 1 aromatic carbocycles. The molecule has 148 valence electrons. The van der Waals surface area contributed by atoms with Gasteiger partial charge >= 0.3 is 0 Å². The molecule has 3 aromatic rings. The Morgan fingerprint density at radius 2 is 2.21 bits per heavy atom. The van der Waals surface area contributed by atoms with Gasteiger partial charge in [-0.05, 0) is 24.1 Å². The van der Waals surface area contributed by atoms with Gasteiger partial charge in [-0.25, -0.2) is 15.0 Å². The smallest absolute Gasteiger partial charge is 0.194 e. The molecule has 2 saturated carbocycles. The average Bonchev–Trinajstić information content (AvgIpc) is 3.23. The molecule has 29 heavy (non-hydrogen) atoms. The second-order valence-electron chi connectivity index (χ2n) is 7.54. The lowest BCUT2D eigenvalue weighted by atomic mass is 10.0. The van der Waals surface area contributed by atoms with Crippen molar-refractivity contribution < 1.29 is 10.2 Å². The molecule has 2 heterocycles. The SMILES string of the molecule is N#C[C@@]12C[C@@H]1[C@@H](n1cnc3c(NCc4cccc(Cl)c4)nc(I)nc31)[C@H](O)[C@@H]2O. The zero-order valence-corrected chi connectivity index (χ0v) is 17.9. The number of aromatic nitrogens is 4. The molecule has 3 N–H and O–H groups in total. The first-order chi connectivity index (χ1) is 13.9. The molecular weight excluding hydrogens is 507 g/mol. The predicted molar refractivity (Wildman–Crippen MR) is 114 cm³/mol. The zero-order chi connectivity index (χ0) is 20.3. The number of nitrogens with one attached hydrogen (secondary N) is 1. The van der Waals surface area contributed by atoms with Crippen molar-refractivity contribution in [3.63, 3.8) is 0 Å². The molecule has 8 nitrogen and oxygen atoms in total. The minimum absolute atomic E-state index is 0.120. The number of nitrogens with zero attached hydrogens (tertiary/aromatic N) is 5. The van der Waals surface area contributed by atoms with Crippen LogP contribution in [0.15, 0.2) is 30.6 Å². The Morgan fingerprint density at radius 3 is 2.93 bits per heavy atom. The number of hydrogen-bond acceptors (Lipinski definition) is 7. The summed E-state index contributed by atoms with van der Waals surface area (Å²) >= 11 is 8.09. The van der Waals surface area contributed by atoms with Crippen LogP contribution in [-0.2, 0) is 6.54 Å². The minimum Gasteiger partial charge on any atom is -0.389 e. The molecular formula is C19H16ClIN6O2. The summed E-state index contributed by atoms with van der Waals surface area (Å²) in [6, 6.07) is 9.30. The van der Waals surface area contributed by atoms with Gasteiger partial charge in [-0.2, -0.15) is 5.26 Å². The summed E-state index contributed by atoms with van der Waals surface area (Å²) in [5, 5.41) is 34.4. The molecule has 0 bridgehead atoms. The number of rotatable bonds is 4. The maximum Gasteiger partial charge on any atom is 0.194 e. The molecule has 5 atom stereocenters. The van der Waals surface area contributed by atoms with E-state index < -0.39 is 23.7 Å². The molecule has 0 saturated heterocycles. The molecule has 0 radical (unpaired) electrons. The van der Waals surface area contributed by atoms with Crippen molar-refractivity contribution >= 4 is 51.2 Å². The van der Waals surface area contributed by atoms with E-state index in [1.807, 2.05) is 46.9 Å². The highest BCUT2D eigenvalue weighted by atomic mass is 127. The van der Waals surface area contributed by atoms with E-state index in [-0.39, 0.29) is 5.92 Å². The summed E-state index contributed by atoms with van der Waals surface area (Å²) in [4.78, 5) is 13.4. The molecule has 2 fully saturated rings. The number of anilines is 1. The van der Waals surface area contributed by atoms with Crippen molar-refractivity contribution in [1.82, 2.24) is 19.5 Å². The van der Waals surface area contributed by atoms with Gasteiger partial charge in [0, 0.05) is 40.1 Å². The lowest BCUT2D eigenvalue weighted by Gasteiger charge is -2.22. The van der Waals surface area contributed by atoms with Gasteiger partial charge in [0.25, 0.3) is 0 Å². The molecule has 2 aliphatic rings. The van der Waals surface area contributed by atoms with Crippen LogP contribution in [0.2, 0.25) is 5.02 Å². The van der Waals surface area contributed by atoms with Crippen LogP contribution in [0, 0.1) is 26.5 Å². The number of nitriles is 1. The molecule has 0 aliphatic heterocycles. The summed E-state index contributed by atoms with van der Waals surface area (Å²) in [6.07, 6.45) is 0.0584. The van der Waals surface area contributed by atoms with Crippen molar-refractivity contribution in [3.8, 4) is 6.07 Å². The maximum atomic E-state index is 10.6. The number of hydrogen-bond donors (Lipinski definition) is 3. The van der Waals surface area contributed by atoms with Crippen molar-refractivity contribution in [2.75, 3.05) is 5.32 Å². The molecule has 5 rings (SSSR count). The summed E-state index contributed by atoms with van der Waals surface area (Å²) in [6.45, 7) is 0.514. The Morgan fingerprint density at radius 1 is 1.38 bits per heavy atom. The molecule has 0 amide bonds. The fraction of sp³-hybridized carbons (Fsp3) is 0.368. The minimum atomic E-state index is -1.07. The van der Waals surface area contributed by atoms with E-state index >= 15 is 0 Å². The van der Waals surface area contributed by atoms with Crippen LogP contribution >= 0.6 is 34.2 Å². The Bertz CT molecular complexity index is 1160. The van der Waals surface area contributed by atoms with E-state index in [1.165, 1.54) is 0 Å². The monoisotopic (exact) mass is 522 g/mol. The maximum absolute atomic E-state index is 10.6. The summed E-state index contributed by atoms with van der Waals surface area (Å²) in [5.74, 6) is 0.457. The highest BCUT2D eigenvalue weighted by Crippen LogP contribution is 2.67. The van der Waals surface area contributed by atoms with Gasteiger partial charge in [-0.3, -0.25) is 0 Å². The van der Waals surface area contributed by atoms with Gasteiger partial charge < -0.3 is 20.1 Å². The average molecular weight is 523 g/mol. The highest BCUT2D eigenvalue weighted by molar-refractivity contribution is 14.1. The molecule has 10 heteroatoms. The summed E-state index contributed by atoms with van der Waals surface area (Å²) < 4.78 is 2.30. The zero-order valence-electron chi connectivity index (χ0n) is 15.0. The number of fused-ring (bicyclic) bond motifs is 2. The van der Waals surface area contributed by atoms with Gasteiger partial charge in [-0.1, -0.05) is 23.7 Å². The van der Waals surface area contributed by atoms with E-state index in [4.69, 9.17) is 11.6 Å². The van der Waals surface area contributed by atoms with Crippen LogP contribution in [0.5, 0.6) is 0 Å². The van der Waals surface area contributed by atoms with Crippen molar-refractivity contribution in [3.05, 3.63) is 45.0 Å². The number of benzene rings is 1. The van der Waals surface area contributed by atoms with E-state index in [0.717, 1.165) is 5.56 Å². The topological polar surface area (TPSA) is 120 Å². The van der Waals surface area contributed by atoms with Crippen molar-refractivity contribution in [2.45, 2.75) is 31.2 Å². The fourth-order valence-corrected chi connectivity index (χ4v) is 5.10. The summed E-state index contributed by atoms with van der Waals surface area (Å²) in [7, 11) is 0. The van der Waals surface area contributed by atoms with Crippen molar-refractivity contribution in [1.29, 1.82) is 5.26 Å². The first-order valence-electron chi connectivity index (χ1n) is 9.10. The quantitative estimate of drug-likeness (QED) is 0.356. The first-order valence-corrected chi connectivity index (χ1v) is 10.6. The second-order valence-corrected chi connectivity index (χ2v) is 8.94. The van der Waals surface area contributed by atoms with Crippen LogP contribution in [0.25, 0.3) is 11.2 Å². The van der Waals surface area contributed by atoms with Crippen LogP contribution in [-0.4, -0.2) is 41.9 Å². The normalized spacial score (nSPS) is 30.2. The largest absolute Gasteiger partial charge is 0.389 e. The first kappa shape index (κ1) is 19.0. The number of halogens is 2. The van der Waals surface area contributed by atoms with Gasteiger partial charge in [0.2, 0.25) is 0 Å². The third-order valence-electron chi connectivity index (χ3n) is 5.95. The van der Waals surface area contributed by atoms with Crippen LogP contribution in [0.4, 0.5) is 5.82 Å². The predicted octanol–water partition coefficient (Wildman–Crippen LogP) is 2.50. The van der Waals surface area contributed by atoms with Gasteiger partial charge in [0.05, 0.1) is 23.9 Å². The highest BCUT2D eigenvalue weighted by Gasteiger charge is 2.72. The standard InChI is InChI=1S/C19H16ClIN6O2/c20-10-3-1-2-9(4-10)6-23-16-12-17(26-18(21)25-16)27(8-24-12)13-11-5-19(11,7-22)15(29)14(13)28/h1-4,8,11,13-15,28-29H,5-6H2,(H,23,25,26)/t11-,13-,14+,15+,19+/m1/s1. The Hall–Kier alpha value is -2.00. The third-order valence-corrected chi connectivity index (χ3v) is 6.66. The molecule has 0 unspecified atom stereocenters. The third kappa shape index (κ3) is 2.89. The Labute approximate surface area is 184 Å². The van der Waals surface area contributed by atoms with E-state index in [0.29, 0.717) is 38.8 Å². The van der Waals surface area contributed by atoms with Gasteiger partial charge in [0.1, 0.15) is 12.2 Å². The number of aliphatic hydroxyl groups excluding tert-OH is 2. The van der Waals surface area contributed by atoms with Crippen LogP contribution in [0.1, 0.15) is 18.0 Å². The number of imidazole rings is 1. The number of aliphatic hydroxyl groups is 2. The van der Waals surface area contributed by atoms with Crippen LogP contribution in [0.3, 0.4) is 0 Å². The van der Waals surface area contributed by atoms with Gasteiger partial charge in [0.15, 0.2) is 20.8 Å². The fourth-order valence-electron chi connectivity index (χ4n) is 4.42. The molecule has 2 aromatic heterocycles. The van der Waals surface area contributed by atoms with Gasteiger partial charge in [-0.15, -0.1) is 0 Å². The molecule has 2 aliphatic carbocycles. The van der Waals surface area contributed by atoms with Crippen molar-refractivity contribution in [2.24, 2.45) is 11.3 Å². The second kappa shape index (κ2) is 6.77. The lowest BCUT2D eigenvalue weighted by molar-refractivity contribution is -0.00676. The lowest BCUT2D eigenvalue weighted by Crippen LogP contribution is -2.33. The Kier molecular flexibility index (Phi) is 4.43. The van der Waals surface area contributed by atoms with E-state index in [2.05, 4.69) is 26.3 Å². The Balaban J connectivity index is 1.50. The van der Waals surface area contributed by atoms with E-state index in [9.17, 15) is 15.5 Å². The molecule has 0 spiro atoms.